The molecule has 0 heterocycles. The van der Waals surface area contributed by atoms with Gasteiger partial charge in [-0.05, 0) is 6.08 Å². The molecule has 3 nitrogen and oxygen atoms in total. The van der Waals surface area contributed by atoms with E-state index in [1.807, 2.05) is 0 Å². The standard InChI is InChI=1S/C5H5F5.CH2O3/c1-2-4(7,8)5(9,10)3-6;2-1(3)4/h2H,1,3H2;(H2,2,3,4). The highest BCUT2D eigenvalue weighted by Crippen LogP contribution is 2.34. The van der Waals surface area contributed by atoms with Gasteiger partial charge >= 0.3 is 18.0 Å². The van der Waals surface area contributed by atoms with Crippen LogP contribution in [0.15, 0.2) is 12.7 Å². The maximum absolute atomic E-state index is 11.8. The zero-order chi connectivity index (χ0) is 12.0. The van der Waals surface area contributed by atoms with Crippen LogP contribution in [-0.2, 0) is 0 Å². The summed E-state index contributed by atoms with van der Waals surface area (Å²) < 4.78 is 58.3. The molecule has 0 radical (unpaired) electrons. The van der Waals surface area contributed by atoms with E-state index in [4.69, 9.17) is 15.0 Å². The van der Waals surface area contributed by atoms with Gasteiger partial charge in [0, 0.05) is 0 Å². The largest absolute Gasteiger partial charge is 0.503 e. The van der Waals surface area contributed by atoms with Crippen LogP contribution < -0.4 is 0 Å². The minimum atomic E-state index is -4.63. The summed E-state index contributed by atoms with van der Waals surface area (Å²) in [6, 6.07) is 0. The van der Waals surface area contributed by atoms with Crippen molar-refractivity contribution in [2.75, 3.05) is 6.67 Å². The van der Waals surface area contributed by atoms with Gasteiger partial charge in [0.1, 0.15) is 0 Å². The van der Waals surface area contributed by atoms with Crippen LogP contribution in [0.25, 0.3) is 0 Å². The molecule has 0 amide bonds. The van der Waals surface area contributed by atoms with E-state index in [0.717, 1.165) is 0 Å². The predicted octanol–water partition coefficient (Wildman–Crippen LogP) is 2.63. The first-order valence-electron chi connectivity index (χ1n) is 2.98. The molecule has 8 heteroatoms. The second-order valence-corrected chi connectivity index (χ2v) is 1.95. The molecule has 0 spiro atoms. The molecule has 0 saturated carbocycles. The molecule has 0 aliphatic rings. The van der Waals surface area contributed by atoms with Gasteiger partial charge in [-0.15, -0.1) is 0 Å². The summed E-state index contributed by atoms with van der Waals surface area (Å²) >= 11 is 0. The highest BCUT2D eigenvalue weighted by Gasteiger charge is 2.53. The molecule has 0 atom stereocenters. The van der Waals surface area contributed by atoms with Crippen LogP contribution in [0, 0.1) is 0 Å². The lowest BCUT2D eigenvalue weighted by atomic mass is 10.2. The summed E-state index contributed by atoms with van der Waals surface area (Å²) in [5.41, 5.74) is 0. The van der Waals surface area contributed by atoms with E-state index in [-0.39, 0.29) is 6.08 Å². The Hall–Kier alpha value is -1.34. The lowest BCUT2D eigenvalue weighted by molar-refractivity contribution is -0.186. The number of hydrogen-bond donors (Lipinski definition) is 2. The van der Waals surface area contributed by atoms with Gasteiger partial charge < -0.3 is 10.2 Å². The van der Waals surface area contributed by atoms with Gasteiger partial charge in [-0.3, -0.25) is 0 Å². The zero-order valence-electron chi connectivity index (χ0n) is 6.68. The van der Waals surface area contributed by atoms with Gasteiger partial charge in [0.2, 0.25) is 0 Å². The molecule has 0 aromatic carbocycles. The second-order valence-electron chi connectivity index (χ2n) is 1.95. The predicted molar refractivity (Wildman–Crippen MR) is 36.7 cm³/mol. The number of alkyl halides is 5. The fraction of sp³-hybridized carbons (Fsp3) is 0.500. The molecule has 0 aliphatic carbocycles. The summed E-state index contributed by atoms with van der Waals surface area (Å²) in [4.78, 5) is 8.56. The van der Waals surface area contributed by atoms with Crippen LogP contribution in [-0.4, -0.2) is 34.9 Å². The molecule has 0 fully saturated rings. The van der Waals surface area contributed by atoms with Crippen molar-refractivity contribution in [2.24, 2.45) is 0 Å². The molecule has 0 aromatic heterocycles. The Morgan fingerprint density at radius 2 is 1.57 bits per heavy atom. The molecule has 0 rings (SSSR count). The Balaban J connectivity index is 0. The summed E-state index contributed by atoms with van der Waals surface area (Å²) in [5, 5.41) is 13.9. The maximum Gasteiger partial charge on any atom is 0.503 e. The average molecular weight is 222 g/mol. The fourth-order valence-corrected chi connectivity index (χ4v) is 0.238. The van der Waals surface area contributed by atoms with E-state index in [1.54, 1.807) is 0 Å². The Morgan fingerprint density at radius 1 is 1.29 bits per heavy atom. The molecule has 84 valence electrons. The highest BCUT2D eigenvalue weighted by molar-refractivity contribution is 5.53. The van der Waals surface area contributed by atoms with Crippen LogP contribution in [0.4, 0.5) is 26.7 Å². The SMILES string of the molecule is C=CC(F)(F)C(F)(F)CF.O=C(O)O. The number of hydrogen-bond acceptors (Lipinski definition) is 1. The first-order chi connectivity index (χ1) is 6.10. The van der Waals surface area contributed by atoms with E-state index in [2.05, 4.69) is 6.58 Å². The quantitative estimate of drug-likeness (QED) is 0.570. The topological polar surface area (TPSA) is 57.5 Å². The van der Waals surface area contributed by atoms with Crippen molar-refractivity contribution >= 4 is 6.16 Å². The van der Waals surface area contributed by atoms with Crippen LogP contribution in [0.1, 0.15) is 0 Å². The molecule has 14 heavy (non-hydrogen) atoms. The van der Waals surface area contributed by atoms with E-state index in [0.29, 0.717) is 0 Å². The van der Waals surface area contributed by atoms with Crippen LogP contribution >= 0.6 is 0 Å². The molecule has 2 N–H and O–H groups in total. The number of carbonyl (C=O) groups is 1. The van der Waals surface area contributed by atoms with E-state index < -0.39 is 24.7 Å². The Bertz CT molecular complexity index is 200. The third kappa shape index (κ3) is 5.33. The maximum atomic E-state index is 11.8. The highest BCUT2D eigenvalue weighted by atomic mass is 19.3. The molecule has 0 aromatic rings. The minimum Gasteiger partial charge on any atom is -0.450 e. The van der Waals surface area contributed by atoms with E-state index >= 15 is 0 Å². The average Bonchev–Trinajstić information content (AvgIpc) is 2.03. The number of rotatable bonds is 3. The van der Waals surface area contributed by atoms with E-state index in [9.17, 15) is 22.0 Å². The van der Waals surface area contributed by atoms with Gasteiger partial charge in [0.05, 0.1) is 0 Å². The van der Waals surface area contributed by atoms with Crippen molar-refractivity contribution in [1.82, 2.24) is 0 Å². The van der Waals surface area contributed by atoms with Gasteiger partial charge in [-0.2, -0.15) is 17.6 Å². The third-order valence-corrected chi connectivity index (χ3v) is 0.912. The lowest BCUT2D eigenvalue weighted by Crippen LogP contribution is -2.40. The summed E-state index contributed by atoms with van der Waals surface area (Å²) in [6.07, 6.45) is -2.10. The van der Waals surface area contributed by atoms with Gasteiger partial charge in [-0.1, -0.05) is 6.58 Å². The monoisotopic (exact) mass is 222 g/mol. The molecule has 0 bridgehead atoms. The van der Waals surface area contributed by atoms with Gasteiger partial charge in [0.25, 0.3) is 0 Å². The van der Waals surface area contributed by atoms with Crippen molar-refractivity contribution in [3.05, 3.63) is 12.7 Å². The van der Waals surface area contributed by atoms with Gasteiger partial charge in [0.15, 0.2) is 6.67 Å². The molecule has 0 unspecified atom stereocenters. The number of halogens is 5. The Morgan fingerprint density at radius 3 is 1.64 bits per heavy atom. The number of allylic oxidation sites excluding steroid dienone is 1. The van der Waals surface area contributed by atoms with Crippen LogP contribution in [0.3, 0.4) is 0 Å². The Labute approximate surface area is 75.5 Å². The van der Waals surface area contributed by atoms with Crippen molar-refractivity contribution in [3.63, 3.8) is 0 Å². The number of carboxylic acid groups (broad SMARTS) is 2. The van der Waals surface area contributed by atoms with Crippen molar-refractivity contribution in [3.8, 4) is 0 Å². The second kappa shape index (κ2) is 5.40. The molecular formula is C6H7F5O3. The molecule has 0 saturated heterocycles. The summed E-state index contributed by atoms with van der Waals surface area (Å²) in [6.45, 7) is 0.0670. The Kier molecular flexibility index (Phi) is 5.85. The summed E-state index contributed by atoms with van der Waals surface area (Å²) in [7, 11) is 0. The zero-order valence-corrected chi connectivity index (χ0v) is 6.68. The molecular weight excluding hydrogens is 215 g/mol. The third-order valence-electron chi connectivity index (χ3n) is 0.912. The van der Waals surface area contributed by atoms with Crippen LogP contribution in [0.2, 0.25) is 0 Å². The summed E-state index contributed by atoms with van der Waals surface area (Å²) in [5.74, 6) is -9.09. The van der Waals surface area contributed by atoms with Crippen molar-refractivity contribution < 1.29 is 37.0 Å². The lowest BCUT2D eigenvalue weighted by Gasteiger charge is -2.19. The van der Waals surface area contributed by atoms with Crippen molar-refractivity contribution in [2.45, 2.75) is 11.8 Å². The molecule has 0 aliphatic heterocycles. The van der Waals surface area contributed by atoms with E-state index in [1.165, 1.54) is 0 Å². The normalized spacial score (nSPS) is 11.2. The minimum absolute atomic E-state index is 0.271. The first-order valence-corrected chi connectivity index (χ1v) is 2.98. The van der Waals surface area contributed by atoms with Crippen molar-refractivity contribution in [1.29, 1.82) is 0 Å². The fourth-order valence-electron chi connectivity index (χ4n) is 0.238. The smallest absolute Gasteiger partial charge is 0.450 e. The first kappa shape index (κ1) is 15.1. The van der Waals surface area contributed by atoms with Gasteiger partial charge in [-0.25, -0.2) is 9.18 Å². The van der Waals surface area contributed by atoms with Crippen LogP contribution in [0.5, 0.6) is 0 Å².